The number of nitrogens with one attached hydrogen (secondary N) is 2. The molecule has 0 bridgehead atoms. The Morgan fingerprint density at radius 1 is 1.18 bits per heavy atom. The van der Waals surface area contributed by atoms with Crippen LogP contribution in [0.2, 0.25) is 5.02 Å². The van der Waals surface area contributed by atoms with Gasteiger partial charge in [0.25, 0.3) is 0 Å². The summed E-state index contributed by atoms with van der Waals surface area (Å²) in [4.78, 5) is 11.9. The summed E-state index contributed by atoms with van der Waals surface area (Å²) in [7, 11) is 0. The Hall–Kier alpha value is -2.40. The zero-order valence-corrected chi connectivity index (χ0v) is 12.7. The Bertz CT molecular complexity index is 719. The van der Waals surface area contributed by atoms with Crippen molar-refractivity contribution >= 4 is 23.3 Å². The Morgan fingerprint density at radius 3 is 2.82 bits per heavy atom. The fraction of sp³-hybridized carbons (Fsp3) is 0.188. The SMILES string of the molecule is Cc1cc(Cl)ccc1NC(=O)NCc1ccc2c(c1)OCO2. The number of amides is 2. The van der Waals surface area contributed by atoms with Crippen LogP contribution >= 0.6 is 11.6 Å². The molecule has 2 aromatic carbocycles. The Morgan fingerprint density at radius 2 is 2.00 bits per heavy atom. The maximum absolute atomic E-state index is 11.9. The number of fused-ring (bicyclic) bond motifs is 1. The van der Waals surface area contributed by atoms with E-state index >= 15 is 0 Å². The lowest BCUT2D eigenvalue weighted by atomic mass is 10.2. The predicted octanol–water partition coefficient (Wildman–Crippen LogP) is 3.70. The third-order valence-corrected chi connectivity index (χ3v) is 3.56. The van der Waals surface area contributed by atoms with E-state index in [4.69, 9.17) is 21.1 Å². The average molecular weight is 319 g/mol. The molecule has 0 unspecified atom stereocenters. The largest absolute Gasteiger partial charge is 0.454 e. The molecule has 0 saturated carbocycles. The number of hydrogen-bond acceptors (Lipinski definition) is 3. The standard InChI is InChI=1S/C16H15ClN2O3/c1-10-6-12(17)3-4-13(10)19-16(20)18-8-11-2-5-14-15(7-11)22-9-21-14/h2-7H,8-9H2,1H3,(H2,18,19,20). The molecule has 0 aromatic heterocycles. The highest BCUT2D eigenvalue weighted by atomic mass is 35.5. The van der Waals surface area contributed by atoms with Crippen molar-refractivity contribution in [3.8, 4) is 11.5 Å². The molecule has 2 N–H and O–H groups in total. The number of rotatable bonds is 3. The highest BCUT2D eigenvalue weighted by molar-refractivity contribution is 6.30. The second-order valence-electron chi connectivity index (χ2n) is 4.95. The van der Waals surface area contributed by atoms with E-state index in [2.05, 4.69) is 10.6 Å². The number of benzene rings is 2. The van der Waals surface area contributed by atoms with Gasteiger partial charge < -0.3 is 20.1 Å². The predicted molar refractivity (Wildman–Crippen MR) is 84.6 cm³/mol. The van der Waals surface area contributed by atoms with Gasteiger partial charge in [-0.2, -0.15) is 0 Å². The van der Waals surface area contributed by atoms with Gasteiger partial charge in [0, 0.05) is 17.3 Å². The van der Waals surface area contributed by atoms with Gasteiger partial charge in [0.15, 0.2) is 11.5 Å². The number of halogens is 1. The molecule has 0 saturated heterocycles. The van der Waals surface area contributed by atoms with E-state index in [1.165, 1.54) is 0 Å². The van der Waals surface area contributed by atoms with Gasteiger partial charge in [-0.05, 0) is 48.4 Å². The first kappa shape index (κ1) is 14.5. The molecule has 22 heavy (non-hydrogen) atoms. The molecule has 1 heterocycles. The van der Waals surface area contributed by atoms with Crippen molar-refractivity contribution in [3.05, 3.63) is 52.5 Å². The van der Waals surface area contributed by atoms with E-state index in [1.54, 1.807) is 18.2 Å². The van der Waals surface area contributed by atoms with Gasteiger partial charge in [-0.25, -0.2) is 4.79 Å². The van der Waals surface area contributed by atoms with Crippen LogP contribution in [0.3, 0.4) is 0 Å². The molecule has 2 aromatic rings. The maximum atomic E-state index is 11.9. The van der Waals surface area contributed by atoms with Crippen LogP contribution in [0.4, 0.5) is 10.5 Å². The van der Waals surface area contributed by atoms with Gasteiger partial charge in [0.05, 0.1) is 0 Å². The number of carbonyl (C=O) groups is 1. The number of urea groups is 1. The molecule has 6 heteroatoms. The number of hydrogen-bond donors (Lipinski definition) is 2. The minimum absolute atomic E-state index is 0.239. The Balaban J connectivity index is 1.58. The number of ether oxygens (including phenoxy) is 2. The quantitative estimate of drug-likeness (QED) is 0.907. The minimum Gasteiger partial charge on any atom is -0.454 e. The highest BCUT2D eigenvalue weighted by Gasteiger charge is 2.13. The van der Waals surface area contributed by atoms with Crippen LogP contribution in [-0.2, 0) is 6.54 Å². The normalized spacial score (nSPS) is 12.1. The number of carbonyl (C=O) groups excluding carboxylic acids is 1. The lowest BCUT2D eigenvalue weighted by molar-refractivity contribution is 0.174. The smallest absolute Gasteiger partial charge is 0.319 e. The van der Waals surface area contributed by atoms with Crippen molar-refractivity contribution in [1.29, 1.82) is 0 Å². The highest BCUT2D eigenvalue weighted by Crippen LogP contribution is 2.32. The van der Waals surface area contributed by atoms with Gasteiger partial charge in [-0.3, -0.25) is 0 Å². The molecule has 0 fully saturated rings. The van der Waals surface area contributed by atoms with E-state index < -0.39 is 0 Å². The van der Waals surface area contributed by atoms with Crippen molar-refractivity contribution in [1.82, 2.24) is 5.32 Å². The molecule has 1 aliphatic rings. The Kier molecular flexibility index (Phi) is 4.06. The average Bonchev–Trinajstić information content (AvgIpc) is 2.95. The minimum atomic E-state index is -0.275. The molecule has 0 spiro atoms. The summed E-state index contributed by atoms with van der Waals surface area (Å²) in [5, 5.41) is 6.24. The topological polar surface area (TPSA) is 59.6 Å². The van der Waals surface area contributed by atoms with Gasteiger partial charge in [0.2, 0.25) is 6.79 Å². The summed E-state index contributed by atoms with van der Waals surface area (Å²) in [5.41, 5.74) is 2.57. The summed E-state index contributed by atoms with van der Waals surface area (Å²) >= 11 is 5.89. The van der Waals surface area contributed by atoms with E-state index in [-0.39, 0.29) is 12.8 Å². The number of anilines is 1. The van der Waals surface area contributed by atoms with Crippen molar-refractivity contribution < 1.29 is 14.3 Å². The van der Waals surface area contributed by atoms with Crippen LogP contribution in [0.25, 0.3) is 0 Å². The van der Waals surface area contributed by atoms with Gasteiger partial charge in [-0.15, -0.1) is 0 Å². The first-order valence-corrected chi connectivity index (χ1v) is 7.19. The van der Waals surface area contributed by atoms with Crippen molar-refractivity contribution in [2.45, 2.75) is 13.5 Å². The molecule has 114 valence electrons. The van der Waals surface area contributed by atoms with E-state index in [0.717, 1.165) is 22.6 Å². The molecule has 0 aliphatic carbocycles. The van der Waals surface area contributed by atoms with Crippen molar-refractivity contribution in [2.24, 2.45) is 0 Å². The monoisotopic (exact) mass is 318 g/mol. The molecule has 1 aliphatic heterocycles. The summed E-state index contributed by atoms with van der Waals surface area (Å²) < 4.78 is 10.6. The Labute approximate surface area is 133 Å². The van der Waals surface area contributed by atoms with Gasteiger partial charge >= 0.3 is 6.03 Å². The molecule has 0 radical (unpaired) electrons. The van der Waals surface area contributed by atoms with Gasteiger partial charge in [-0.1, -0.05) is 17.7 Å². The van der Waals surface area contributed by atoms with Crippen LogP contribution in [0.5, 0.6) is 11.5 Å². The van der Waals surface area contributed by atoms with Crippen molar-refractivity contribution in [3.63, 3.8) is 0 Å². The summed E-state index contributed by atoms with van der Waals surface area (Å²) in [6, 6.07) is 10.6. The molecule has 0 atom stereocenters. The van der Waals surface area contributed by atoms with Gasteiger partial charge in [0.1, 0.15) is 0 Å². The molecule has 3 rings (SSSR count). The fourth-order valence-electron chi connectivity index (χ4n) is 2.17. The van der Waals surface area contributed by atoms with Crippen LogP contribution in [0.15, 0.2) is 36.4 Å². The summed E-state index contributed by atoms with van der Waals surface area (Å²) in [5.74, 6) is 1.43. The first-order valence-electron chi connectivity index (χ1n) is 6.81. The fourth-order valence-corrected chi connectivity index (χ4v) is 2.39. The van der Waals surface area contributed by atoms with E-state index in [9.17, 15) is 4.79 Å². The third-order valence-electron chi connectivity index (χ3n) is 3.33. The molecule has 2 amide bonds. The second-order valence-corrected chi connectivity index (χ2v) is 5.39. The van der Waals surface area contributed by atoms with Crippen LogP contribution in [-0.4, -0.2) is 12.8 Å². The van der Waals surface area contributed by atoms with Crippen LogP contribution in [0, 0.1) is 6.92 Å². The summed E-state index contributed by atoms with van der Waals surface area (Å²) in [6.07, 6.45) is 0. The molecule has 5 nitrogen and oxygen atoms in total. The van der Waals surface area contributed by atoms with E-state index in [0.29, 0.717) is 17.3 Å². The van der Waals surface area contributed by atoms with Crippen molar-refractivity contribution in [2.75, 3.05) is 12.1 Å². The summed E-state index contributed by atoms with van der Waals surface area (Å²) in [6.45, 7) is 2.52. The zero-order valence-electron chi connectivity index (χ0n) is 12.0. The molecular weight excluding hydrogens is 304 g/mol. The molecular formula is C16H15ClN2O3. The first-order chi connectivity index (χ1) is 10.6. The van der Waals surface area contributed by atoms with E-state index in [1.807, 2.05) is 25.1 Å². The zero-order chi connectivity index (χ0) is 15.5. The second kappa shape index (κ2) is 6.15. The lowest BCUT2D eigenvalue weighted by Crippen LogP contribution is -2.28. The third kappa shape index (κ3) is 3.26. The number of aryl methyl sites for hydroxylation is 1. The lowest BCUT2D eigenvalue weighted by Gasteiger charge is -2.10. The maximum Gasteiger partial charge on any atom is 0.319 e. The van der Waals surface area contributed by atoms with Crippen LogP contribution < -0.4 is 20.1 Å². The van der Waals surface area contributed by atoms with Crippen LogP contribution in [0.1, 0.15) is 11.1 Å².